The number of carbonyl (C=O) groups excluding carboxylic acids is 1. The van der Waals surface area contributed by atoms with E-state index in [1.165, 1.54) is 0 Å². The summed E-state index contributed by atoms with van der Waals surface area (Å²) in [4.78, 5) is 31.1. The lowest BCUT2D eigenvalue weighted by atomic mass is 9.98. The summed E-state index contributed by atoms with van der Waals surface area (Å²) in [6, 6.07) is 19.5. The van der Waals surface area contributed by atoms with Crippen LogP contribution in [-0.2, 0) is 6.61 Å². The van der Waals surface area contributed by atoms with E-state index in [1.807, 2.05) is 62.6 Å². The molecule has 0 saturated heterocycles. The molecule has 0 saturated carbocycles. The zero-order valence-electron chi connectivity index (χ0n) is 21.6. The smallest absolute Gasteiger partial charge is 0.290 e. The molecule has 1 aliphatic heterocycles. The Kier molecular flexibility index (Phi) is 7.40. The number of hydrogen-bond donors (Lipinski definition) is 0. The van der Waals surface area contributed by atoms with Crippen molar-refractivity contribution in [3.8, 4) is 11.5 Å². The molecule has 3 aromatic carbocycles. The minimum absolute atomic E-state index is 0.0876. The van der Waals surface area contributed by atoms with Crippen molar-refractivity contribution in [1.29, 1.82) is 0 Å². The molecule has 0 aliphatic carbocycles. The van der Waals surface area contributed by atoms with Gasteiger partial charge in [0.05, 0.1) is 24.1 Å². The van der Waals surface area contributed by atoms with Crippen LogP contribution >= 0.6 is 11.6 Å². The fourth-order valence-electron chi connectivity index (χ4n) is 4.78. The highest BCUT2D eigenvalue weighted by molar-refractivity contribution is 6.31. The minimum Gasteiger partial charge on any atom is -0.497 e. The summed E-state index contributed by atoms with van der Waals surface area (Å²) in [6.07, 6.45) is 0.754. The average molecular weight is 533 g/mol. The summed E-state index contributed by atoms with van der Waals surface area (Å²) >= 11 is 6.25. The van der Waals surface area contributed by atoms with E-state index in [2.05, 4.69) is 4.90 Å². The molecule has 0 spiro atoms. The summed E-state index contributed by atoms with van der Waals surface area (Å²) in [5, 5.41) is 1.06. The van der Waals surface area contributed by atoms with Crippen LogP contribution in [0.4, 0.5) is 0 Å². The monoisotopic (exact) mass is 532 g/mol. The third-order valence-electron chi connectivity index (χ3n) is 6.73. The third-order valence-corrected chi connectivity index (χ3v) is 7.10. The second-order valence-electron chi connectivity index (χ2n) is 9.54. The van der Waals surface area contributed by atoms with Gasteiger partial charge in [0.25, 0.3) is 5.91 Å². The van der Waals surface area contributed by atoms with Crippen molar-refractivity contribution < 1.29 is 18.7 Å². The highest BCUT2D eigenvalue weighted by atomic mass is 35.5. The summed E-state index contributed by atoms with van der Waals surface area (Å²) in [6.45, 7) is 1.62. The summed E-state index contributed by atoms with van der Waals surface area (Å²) < 4.78 is 17.3. The van der Waals surface area contributed by atoms with Gasteiger partial charge < -0.3 is 23.7 Å². The Balaban J connectivity index is 1.50. The fourth-order valence-corrected chi connectivity index (χ4v) is 4.97. The zero-order chi connectivity index (χ0) is 26.8. The number of hydrogen-bond acceptors (Lipinski definition) is 6. The topological polar surface area (TPSA) is 72.2 Å². The first kappa shape index (κ1) is 25.8. The molecule has 0 fully saturated rings. The Bertz CT molecular complexity index is 1530. The fraction of sp³-hybridized carbons (Fsp3) is 0.267. The van der Waals surface area contributed by atoms with Crippen LogP contribution < -0.4 is 14.9 Å². The summed E-state index contributed by atoms with van der Waals surface area (Å²) in [5.41, 5.74) is 2.19. The predicted molar refractivity (Wildman–Crippen MR) is 147 cm³/mol. The Morgan fingerprint density at radius 1 is 1.00 bits per heavy atom. The van der Waals surface area contributed by atoms with Crippen LogP contribution in [0.15, 0.2) is 75.9 Å². The first-order valence-electron chi connectivity index (χ1n) is 12.4. The number of benzene rings is 3. The molecule has 7 nitrogen and oxygen atoms in total. The Morgan fingerprint density at radius 2 is 1.74 bits per heavy atom. The van der Waals surface area contributed by atoms with E-state index < -0.39 is 6.04 Å². The van der Waals surface area contributed by atoms with Gasteiger partial charge in [-0.2, -0.15) is 0 Å². The van der Waals surface area contributed by atoms with Gasteiger partial charge in [0.1, 0.15) is 23.7 Å². The van der Waals surface area contributed by atoms with Crippen molar-refractivity contribution in [2.75, 3.05) is 34.3 Å². The first-order chi connectivity index (χ1) is 18.4. The largest absolute Gasteiger partial charge is 0.497 e. The van der Waals surface area contributed by atoms with Gasteiger partial charge >= 0.3 is 0 Å². The van der Waals surface area contributed by atoms with Crippen LogP contribution in [0.5, 0.6) is 11.5 Å². The van der Waals surface area contributed by atoms with Gasteiger partial charge in [-0.25, -0.2) is 0 Å². The number of amides is 1. The highest BCUT2D eigenvalue weighted by Gasteiger charge is 2.42. The number of nitrogens with zero attached hydrogens (tertiary/aromatic N) is 2. The molecule has 5 rings (SSSR count). The second kappa shape index (κ2) is 10.9. The van der Waals surface area contributed by atoms with Gasteiger partial charge in [0.15, 0.2) is 5.43 Å². The molecule has 4 aromatic rings. The third kappa shape index (κ3) is 4.99. The molecule has 0 radical (unpaired) electrons. The van der Waals surface area contributed by atoms with Crippen LogP contribution in [0, 0.1) is 0 Å². The highest BCUT2D eigenvalue weighted by Crippen LogP contribution is 2.39. The van der Waals surface area contributed by atoms with Crippen LogP contribution in [0.2, 0.25) is 5.02 Å². The van der Waals surface area contributed by atoms with E-state index in [4.69, 9.17) is 25.5 Å². The normalized spacial score (nSPS) is 14.8. The van der Waals surface area contributed by atoms with E-state index in [0.717, 1.165) is 24.1 Å². The molecule has 1 atom stereocenters. The van der Waals surface area contributed by atoms with Gasteiger partial charge in [-0.1, -0.05) is 41.9 Å². The van der Waals surface area contributed by atoms with Gasteiger partial charge in [-0.05, 0) is 63.0 Å². The molecule has 1 aromatic heterocycles. The quantitative estimate of drug-likeness (QED) is 0.282. The van der Waals surface area contributed by atoms with Crippen LogP contribution in [0.25, 0.3) is 11.0 Å². The maximum Gasteiger partial charge on any atom is 0.290 e. The van der Waals surface area contributed by atoms with Crippen molar-refractivity contribution in [3.63, 3.8) is 0 Å². The number of methoxy groups -OCH3 is 1. The van der Waals surface area contributed by atoms with Crippen LogP contribution in [0.1, 0.15) is 39.7 Å². The van der Waals surface area contributed by atoms with E-state index in [9.17, 15) is 9.59 Å². The van der Waals surface area contributed by atoms with E-state index in [-0.39, 0.29) is 17.1 Å². The maximum atomic E-state index is 13.7. The van der Waals surface area contributed by atoms with Crippen LogP contribution in [-0.4, -0.2) is 50.0 Å². The molecule has 1 aliphatic rings. The minimum atomic E-state index is -0.556. The predicted octanol–water partition coefficient (Wildman–Crippen LogP) is 5.53. The molecular formula is C30H29ClN2O5. The lowest BCUT2D eigenvalue weighted by Crippen LogP contribution is -2.32. The molecule has 2 heterocycles. The van der Waals surface area contributed by atoms with Crippen molar-refractivity contribution in [3.05, 3.63) is 104 Å². The van der Waals surface area contributed by atoms with Gasteiger partial charge in [0.2, 0.25) is 5.76 Å². The lowest BCUT2D eigenvalue weighted by molar-refractivity contribution is 0.0722. The molecular weight excluding hydrogens is 504 g/mol. The Morgan fingerprint density at radius 3 is 2.45 bits per heavy atom. The maximum absolute atomic E-state index is 13.7. The number of halogens is 1. The average Bonchev–Trinajstić information content (AvgIpc) is 3.19. The SMILES string of the molecule is COc1ccc2c(=O)c3c(oc2c1)C(=O)N(CCCN(C)C)C3c1ccc(OCc2ccccc2Cl)cc1. The Labute approximate surface area is 226 Å². The molecule has 0 N–H and O–H groups in total. The van der Waals surface area contributed by atoms with Gasteiger partial charge in [0, 0.05) is 23.2 Å². The number of fused-ring (bicyclic) bond motifs is 2. The summed E-state index contributed by atoms with van der Waals surface area (Å²) in [7, 11) is 5.53. The standard InChI is InChI=1S/C30H29ClN2O5/c1-32(2)15-6-16-33-27(19-9-11-21(12-10-19)37-18-20-7-4-5-8-24(20)31)26-28(34)23-14-13-22(36-3)17-25(23)38-29(26)30(33)35/h4-5,7-14,17,27H,6,15-16,18H2,1-3H3. The van der Waals surface area contributed by atoms with E-state index in [1.54, 1.807) is 30.2 Å². The van der Waals surface area contributed by atoms with Crippen molar-refractivity contribution in [2.24, 2.45) is 0 Å². The van der Waals surface area contributed by atoms with Crippen LogP contribution in [0.3, 0.4) is 0 Å². The molecule has 1 amide bonds. The Hall–Kier alpha value is -3.81. The van der Waals surface area contributed by atoms with Crippen molar-refractivity contribution >= 4 is 28.5 Å². The molecule has 38 heavy (non-hydrogen) atoms. The van der Waals surface area contributed by atoms with Gasteiger partial charge in [-0.15, -0.1) is 0 Å². The van der Waals surface area contributed by atoms with Crippen molar-refractivity contribution in [2.45, 2.75) is 19.1 Å². The first-order valence-corrected chi connectivity index (χ1v) is 12.8. The number of carbonyl (C=O) groups is 1. The number of ether oxygens (including phenoxy) is 2. The van der Waals surface area contributed by atoms with E-state index in [0.29, 0.717) is 46.2 Å². The molecule has 0 bridgehead atoms. The molecule has 8 heteroatoms. The summed E-state index contributed by atoms with van der Waals surface area (Å²) in [5.74, 6) is 1.02. The molecule has 1 unspecified atom stereocenters. The molecule has 196 valence electrons. The van der Waals surface area contributed by atoms with Gasteiger partial charge in [-0.3, -0.25) is 9.59 Å². The lowest BCUT2D eigenvalue weighted by Gasteiger charge is -2.26. The zero-order valence-corrected chi connectivity index (χ0v) is 22.3. The second-order valence-corrected chi connectivity index (χ2v) is 9.95. The number of rotatable bonds is 9. The van der Waals surface area contributed by atoms with Crippen molar-refractivity contribution in [1.82, 2.24) is 9.80 Å². The van der Waals surface area contributed by atoms with E-state index >= 15 is 0 Å².